The van der Waals surface area contributed by atoms with Crippen LogP contribution in [-0.4, -0.2) is 16.0 Å². The number of nitrogens with zero attached hydrogens (tertiary/aromatic N) is 1. The first-order valence-corrected chi connectivity index (χ1v) is 4.28. The number of hydrogen-bond acceptors (Lipinski definition) is 3. The van der Waals surface area contributed by atoms with Gasteiger partial charge in [-0.25, -0.2) is 0 Å². The maximum atomic E-state index is 12.5. The van der Waals surface area contributed by atoms with Gasteiger partial charge in [0.2, 0.25) is 0 Å². The van der Waals surface area contributed by atoms with Crippen molar-refractivity contribution in [3.63, 3.8) is 0 Å². The van der Waals surface area contributed by atoms with Crippen molar-refractivity contribution in [2.75, 3.05) is 0 Å². The smallest absolute Gasteiger partial charge is 0.416 e. The highest BCUT2D eigenvalue weighted by atomic mass is 19.4. The molecule has 8 heteroatoms. The zero-order valence-corrected chi connectivity index (χ0v) is 8.19. The molecule has 0 saturated carbocycles. The summed E-state index contributed by atoms with van der Waals surface area (Å²) in [6, 6.07) is 2.32. The van der Waals surface area contributed by atoms with Gasteiger partial charge in [-0.2, -0.15) is 13.2 Å². The molecule has 5 nitrogen and oxygen atoms in total. The lowest BCUT2D eigenvalue weighted by molar-refractivity contribution is -0.385. The lowest BCUT2D eigenvalue weighted by Gasteiger charge is -2.11. The van der Waals surface area contributed by atoms with Crippen LogP contribution in [0.5, 0.6) is 0 Å². The first-order chi connectivity index (χ1) is 7.73. The molecule has 0 aromatic heterocycles. The number of benzene rings is 1. The van der Waals surface area contributed by atoms with Gasteiger partial charge in [-0.15, -0.1) is 0 Å². The monoisotopic (exact) mass is 249 g/mol. The molecule has 0 radical (unpaired) electrons. The second-order valence-corrected chi connectivity index (χ2v) is 3.13. The number of aliphatic carboxylic acids is 1. The maximum absolute atomic E-state index is 12.5. The van der Waals surface area contributed by atoms with Gasteiger partial charge in [-0.1, -0.05) is 6.07 Å². The summed E-state index contributed by atoms with van der Waals surface area (Å²) in [5, 5.41) is 19.0. The number of carboxylic acids is 1. The molecule has 0 saturated heterocycles. The number of halogens is 3. The van der Waals surface area contributed by atoms with E-state index >= 15 is 0 Å². The van der Waals surface area contributed by atoms with Crippen LogP contribution in [0.25, 0.3) is 0 Å². The van der Waals surface area contributed by atoms with E-state index in [2.05, 4.69) is 0 Å². The Morgan fingerprint density at radius 2 is 2.00 bits per heavy atom. The van der Waals surface area contributed by atoms with Crippen LogP contribution in [-0.2, 0) is 17.4 Å². The van der Waals surface area contributed by atoms with Gasteiger partial charge in [0.15, 0.2) is 0 Å². The molecule has 0 unspecified atom stereocenters. The third-order valence-electron chi connectivity index (χ3n) is 1.98. The summed E-state index contributed by atoms with van der Waals surface area (Å²) in [6.45, 7) is 0. The van der Waals surface area contributed by atoms with Crippen molar-refractivity contribution < 1.29 is 28.0 Å². The standard InChI is InChI=1S/C9H6F3NO4/c10-9(11,12)6-2-1-3-7(13(16)17)5(6)4-8(14)15/h1-3H,4H2,(H,14,15). The molecule has 17 heavy (non-hydrogen) atoms. The molecule has 1 N–H and O–H groups in total. The molecular weight excluding hydrogens is 243 g/mol. The summed E-state index contributed by atoms with van der Waals surface area (Å²) in [5.41, 5.74) is -2.98. The molecule has 0 bridgehead atoms. The molecule has 0 aliphatic rings. The van der Waals surface area contributed by atoms with E-state index in [1.165, 1.54) is 0 Å². The highest BCUT2D eigenvalue weighted by Gasteiger charge is 2.37. The Hall–Kier alpha value is -2.12. The summed E-state index contributed by atoms with van der Waals surface area (Å²) in [7, 11) is 0. The molecule has 0 amide bonds. The van der Waals surface area contributed by atoms with E-state index in [-0.39, 0.29) is 0 Å². The fourth-order valence-corrected chi connectivity index (χ4v) is 1.35. The minimum atomic E-state index is -4.82. The van der Waals surface area contributed by atoms with E-state index in [9.17, 15) is 28.1 Å². The van der Waals surface area contributed by atoms with Crippen molar-refractivity contribution in [2.45, 2.75) is 12.6 Å². The van der Waals surface area contributed by atoms with Crippen LogP contribution in [0.3, 0.4) is 0 Å². The molecule has 0 spiro atoms. The zero-order chi connectivity index (χ0) is 13.2. The van der Waals surface area contributed by atoms with Crippen molar-refractivity contribution >= 4 is 11.7 Å². The Morgan fingerprint density at radius 3 is 2.41 bits per heavy atom. The van der Waals surface area contributed by atoms with Crippen LogP contribution in [0.4, 0.5) is 18.9 Å². The predicted octanol–water partition coefficient (Wildman–Crippen LogP) is 2.24. The van der Waals surface area contributed by atoms with E-state index in [4.69, 9.17) is 5.11 Å². The Balaban J connectivity index is 3.45. The Labute approximate surface area is 92.6 Å². The van der Waals surface area contributed by atoms with E-state index < -0.39 is 40.3 Å². The molecule has 1 aromatic rings. The fourth-order valence-electron chi connectivity index (χ4n) is 1.35. The van der Waals surface area contributed by atoms with Gasteiger partial charge in [-0.05, 0) is 6.07 Å². The number of nitro groups is 1. The number of alkyl halides is 3. The van der Waals surface area contributed by atoms with Crippen molar-refractivity contribution in [3.05, 3.63) is 39.4 Å². The first kappa shape index (κ1) is 12.9. The molecule has 0 fully saturated rings. The van der Waals surface area contributed by atoms with Gasteiger partial charge in [0.05, 0.1) is 22.5 Å². The molecule has 0 atom stereocenters. The quantitative estimate of drug-likeness (QED) is 0.658. The average molecular weight is 249 g/mol. The van der Waals surface area contributed by atoms with Crippen LogP contribution in [0, 0.1) is 10.1 Å². The minimum Gasteiger partial charge on any atom is -0.481 e. The van der Waals surface area contributed by atoms with Gasteiger partial charge >= 0.3 is 12.1 Å². The van der Waals surface area contributed by atoms with Gasteiger partial charge in [0, 0.05) is 6.07 Å². The Morgan fingerprint density at radius 1 is 1.41 bits per heavy atom. The van der Waals surface area contributed by atoms with Gasteiger partial charge in [0.1, 0.15) is 0 Å². The molecule has 1 aromatic carbocycles. The van der Waals surface area contributed by atoms with Crippen molar-refractivity contribution in [1.29, 1.82) is 0 Å². The summed E-state index contributed by atoms with van der Waals surface area (Å²) in [5.74, 6) is -1.56. The van der Waals surface area contributed by atoms with Crippen LogP contribution in [0.15, 0.2) is 18.2 Å². The number of hydrogen-bond donors (Lipinski definition) is 1. The Kier molecular flexibility index (Phi) is 3.35. The summed E-state index contributed by atoms with van der Waals surface area (Å²) in [4.78, 5) is 19.9. The maximum Gasteiger partial charge on any atom is 0.416 e. The third-order valence-corrected chi connectivity index (χ3v) is 1.98. The average Bonchev–Trinajstić information content (AvgIpc) is 2.14. The lowest BCUT2D eigenvalue weighted by atomic mass is 10.0. The summed E-state index contributed by atoms with van der Waals surface area (Å²) < 4.78 is 37.6. The largest absolute Gasteiger partial charge is 0.481 e. The first-order valence-electron chi connectivity index (χ1n) is 4.28. The highest BCUT2D eigenvalue weighted by Crippen LogP contribution is 2.36. The van der Waals surface area contributed by atoms with E-state index in [1.807, 2.05) is 0 Å². The van der Waals surface area contributed by atoms with Crippen molar-refractivity contribution in [1.82, 2.24) is 0 Å². The number of rotatable bonds is 3. The van der Waals surface area contributed by atoms with E-state index in [1.54, 1.807) is 0 Å². The predicted molar refractivity (Wildman–Crippen MR) is 49.4 cm³/mol. The van der Waals surface area contributed by atoms with Gasteiger partial charge in [0.25, 0.3) is 5.69 Å². The molecule has 92 valence electrons. The topological polar surface area (TPSA) is 80.4 Å². The van der Waals surface area contributed by atoms with Crippen LogP contribution in [0.1, 0.15) is 11.1 Å². The van der Waals surface area contributed by atoms with Crippen LogP contribution < -0.4 is 0 Å². The zero-order valence-electron chi connectivity index (χ0n) is 8.19. The van der Waals surface area contributed by atoms with E-state index in [0.717, 1.165) is 12.1 Å². The number of carbonyl (C=O) groups is 1. The second-order valence-electron chi connectivity index (χ2n) is 3.13. The summed E-state index contributed by atoms with van der Waals surface area (Å²) >= 11 is 0. The van der Waals surface area contributed by atoms with Gasteiger partial charge in [-0.3, -0.25) is 14.9 Å². The molecule has 0 heterocycles. The molecule has 0 aliphatic heterocycles. The highest BCUT2D eigenvalue weighted by molar-refractivity contribution is 5.73. The molecule has 0 aliphatic carbocycles. The number of carboxylic acid groups (broad SMARTS) is 1. The minimum absolute atomic E-state index is 0.616. The van der Waals surface area contributed by atoms with Crippen LogP contribution in [0.2, 0.25) is 0 Å². The Bertz CT molecular complexity index is 470. The van der Waals surface area contributed by atoms with E-state index in [0.29, 0.717) is 6.07 Å². The van der Waals surface area contributed by atoms with Crippen molar-refractivity contribution in [3.8, 4) is 0 Å². The number of nitro benzene ring substituents is 1. The SMILES string of the molecule is O=C(O)Cc1c([N+](=O)[O-])cccc1C(F)(F)F. The fraction of sp³-hybridized carbons (Fsp3) is 0.222. The lowest BCUT2D eigenvalue weighted by Crippen LogP contribution is -2.14. The normalized spacial score (nSPS) is 11.2. The third kappa shape index (κ3) is 2.92. The van der Waals surface area contributed by atoms with Crippen LogP contribution >= 0.6 is 0 Å². The summed E-state index contributed by atoms with van der Waals surface area (Å²) in [6.07, 6.45) is -5.87. The molecule has 1 rings (SSSR count). The van der Waals surface area contributed by atoms with Gasteiger partial charge < -0.3 is 5.11 Å². The second kappa shape index (κ2) is 4.40. The van der Waals surface area contributed by atoms with Crippen molar-refractivity contribution in [2.24, 2.45) is 0 Å². The molecular formula is C9H6F3NO4.